The molecule has 0 aromatic heterocycles. The Morgan fingerprint density at radius 1 is 0.453 bits per heavy atom. The molecule has 0 atom stereocenters. The Morgan fingerprint density at radius 3 is 1.19 bits per heavy atom. The summed E-state index contributed by atoms with van der Waals surface area (Å²) in [6.45, 7) is 18.1. The number of unbranched alkanes of at least 4 members (excludes halogenated alkanes) is 1. The van der Waals surface area contributed by atoms with E-state index in [1.54, 1.807) is 0 Å². The molecule has 75 heavy (non-hydrogen) atoms. The predicted octanol–water partition coefficient (Wildman–Crippen LogP) is 15.2. The van der Waals surface area contributed by atoms with E-state index >= 15 is 0 Å². The molecule has 0 saturated heterocycles. The molecule has 0 radical (unpaired) electrons. The molecule has 5 nitrogen and oxygen atoms in total. The molecular weight excluding hydrogens is 1110 g/mol. The van der Waals surface area contributed by atoms with Gasteiger partial charge in [0, 0.05) is 23.6 Å². The van der Waals surface area contributed by atoms with Crippen LogP contribution in [0.1, 0.15) is 54.4 Å². The Hall–Kier alpha value is -5.43. The summed E-state index contributed by atoms with van der Waals surface area (Å²) in [6.07, 6.45) is 2.28. The van der Waals surface area contributed by atoms with Crippen molar-refractivity contribution < 1.29 is 37.8 Å². The van der Waals surface area contributed by atoms with Crippen LogP contribution < -0.4 is 54.2 Å². The first-order valence-corrected chi connectivity index (χ1v) is 28.1. The van der Waals surface area contributed by atoms with Crippen molar-refractivity contribution >= 4 is 117 Å². The minimum absolute atomic E-state index is 0. The smallest absolute Gasteiger partial charge is 0.458 e. The second-order valence-electron chi connectivity index (χ2n) is 18.5. The third-order valence-corrected chi connectivity index (χ3v) is 13.0. The maximum Gasteiger partial charge on any atom is 1.00 e. The molecule has 0 spiro atoms. The predicted molar refractivity (Wildman–Crippen MR) is 329 cm³/mol. The van der Waals surface area contributed by atoms with Crippen LogP contribution in [0, 0.1) is 6.92 Å². The molecule has 0 amide bonds. The van der Waals surface area contributed by atoms with Crippen LogP contribution in [0.4, 0.5) is 0 Å². The van der Waals surface area contributed by atoms with Crippen molar-refractivity contribution in [2.75, 3.05) is 6.54 Å². The standard InChI is InChI=1S/C26H15BO2.C26H18O2.C8H19N.C4H9.BBr3.Li/c1-3-8-18-16(6-1)12-14-22-24(18)27-25-19-9-4-2-7-17(19)13-15-23(25)29-21-11-5-10-20(28-22)26(21)27;1-3-8-21-16-25(14-12-19(21)6-1)27-23-10-5-11-24(18-23)28-26-15-13-20-7-2-4-9-22(20)17-26;1-6-9(7(2)3)8(4)5;1-3-4-2;2-1(3)4;/h1-15H;1-18H;7-8H,6H2,1-5H3;1,3-4H2,2H3;;/q;;;-1;;+1. The van der Waals surface area contributed by atoms with Crippen molar-refractivity contribution in [2.24, 2.45) is 0 Å². The van der Waals surface area contributed by atoms with Gasteiger partial charge in [0.25, 0.3) is 6.71 Å². The van der Waals surface area contributed by atoms with Crippen molar-refractivity contribution in [1.29, 1.82) is 0 Å². The zero-order chi connectivity index (χ0) is 52.1. The third kappa shape index (κ3) is 14.3. The minimum atomic E-state index is 0. The molecule has 0 bridgehead atoms. The van der Waals surface area contributed by atoms with Crippen molar-refractivity contribution in [3.05, 3.63) is 207 Å². The van der Waals surface area contributed by atoms with Crippen LogP contribution in [0.3, 0.4) is 0 Å². The van der Waals surface area contributed by atoms with E-state index in [1.807, 2.05) is 91.0 Å². The summed E-state index contributed by atoms with van der Waals surface area (Å²) in [5.74, 6) is 6.73. The van der Waals surface area contributed by atoms with E-state index in [0.717, 1.165) is 75.2 Å². The maximum absolute atomic E-state index is 6.38. The fourth-order valence-electron chi connectivity index (χ4n) is 9.64. The van der Waals surface area contributed by atoms with E-state index in [9.17, 15) is 0 Å². The first-order chi connectivity index (χ1) is 36.0. The molecular formula is C64H61B2Br3LiNO4. The maximum atomic E-state index is 6.38. The number of ether oxygens (including phenoxy) is 4. The molecule has 2 heterocycles. The van der Waals surface area contributed by atoms with Crippen molar-refractivity contribution in [3.8, 4) is 46.0 Å². The summed E-state index contributed by atoms with van der Waals surface area (Å²) in [5, 5.41) is 9.62. The first kappa shape index (κ1) is 57.3. The summed E-state index contributed by atoms with van der Waals surface area (Å²) in [6, 6.07) is 69.5. The summed E-state index contributed by atoms with van der Waals surface area (Å²) in [5.41, 5.74) is 3.58. The van der Waals surface area contributed by atoms with Crippen LogP contribution in [0.25, 0.3) is 43.1 Å². The van der Waals surface area contributed by atoms with Gasteiger partial charge in [-0.05, 0) is 149 Å². The van der Waals surface area contributed by atoms with Gasteiger partial charge >= 0.3 is 22.0 Å². The van der Waals surface area contributed by atoms with Crippen LogP contribution in [-0.4, -0.2) is 33.4 Å². The molecule has 0 unspecified atom stereocenters. The fourth-order valence-corrected chi connectivity index (χ4v) is 9.64. The quantitative estimate of drug-likeness (QED) is 0.112. The largest absolute Gasteiger partial charge is 1.00 e. The van der Waals surface area contributed by atoms with E-state index in [4.69, 9.17) is 18.9 Å². The molecule has 0 fully saturated rings. The first-order valence-electron chi connectivity index (χ1n) is 25.4. The Labute approximate surface area is 481 Å². The second-order valence-corrected chi connectivity index (χ2v) is 25.0. The molecule has 2 aliphatic heterocycles. The number of halogens is 3. The van der Waals surface area contributed by atoms with E-state index in [1.165, 1.54) is 49.7 Å². The average Bonchev–Trinajstić information content (AvgIpc) is 3.41. The second kappa shape index (κ2) is 27.6. The van der Waals surface area contributed by atoms with Gasteiger partial charge in [-0.25, -0.2) is 0 Å². The van der Waals surface area contributed by atoms with Gasteiger partial charge in [0.1, 0.15) is 46.0 Å². The van der Waals surface area contributed by atoms with Gasteiger partial charge < -0.3 is 25.9 Å². The van der Waals surface area contributed by atoms with Crippen LogP contribution in [0.15, 0.2) is 200 Å². The summed E-state index contributed by atoms with van der Waals surface area (Å²) in [7, 11) is 0. The Balaban J connectivity index is 0.000000167. The van der Waals surface area contributed by atoms with Crippen LogP contribution in [-0.2, 0) is 0 Å². The summed E-state index contributed by atoms with van der Waals surface area (Å²) in [4.78, 5) is 2.46. The number of hydrogen-bond donors (Lipinski definition) is 0. The Bertz CT molecular complexity index is 3270. The van der Waals surface area contributed by atoms with E-state index in [0.29, 0.717) is 12.1 Å². The van der Waals surface area contributed by atoms with Gasteiger partial charge in [-0.3, -0.25) is 4.90 Å². The number of fused-ring (bicyclic) bond motifs is 10. The third-order valence-electron chi connectivity index (χ3n) is 13.0. The van der Waals surface area contributed by atoms with Gasteiger partial charge in [-0.2, -0.15) is 6.42 Å². The van der Waals surface area contributed by atoms with E-state index in [-0.39, 0.29) is 28.8 Å². The van der Waals surface area contributed by atoms with Gasteiger partial charge in [-0.1, -0.05) is 154 Å². The average molecular weight is 1180 g/mol. The Kier molecular flexibility index (Phi) is 21.0. The van der Waals surface area contributed by atoms with Crippen molar-refractivity contribution in [3.63, 3.8) is 0 Å². The van der Waals surface area contributed by atoms with Crippen molar-refractivity contribution in [2.45, 2.75) is 66.5 Å². The number of benzene rings is 10. The van der Waals surface area contributed by atoms with E-state index in [2.05, 4.69) is 210 Å². The number of hydrogen-bond acceptors (Lipinski definition) is 5. The normalized spacial score (nSPS) is 11.4. The van der Waals surface area contributed by atoms with E-state index < -0.39 is 0 Å². The number of nitrogens with zero attached hydrogens (tertiary/aromatic N) is 1. The topological polar surface area (TPSA) is 40.2 Å². The monoisotopic (exact) mass is 1170 g/mol. The molecule has 12 rings (SSSR count). The Morgan fingerprint density at radius 2 is 0.800 bits per heavy atom. The van der Waals surface area contributed by atoms with Gasteiger partial charge in [0.15, 0.2) is 0 Å². The van der Waals surface area contributed by atoms with Crippen LogP contribution in [0.5, 0.6) is 46.0 Å². The SMILES string of the molecule is BrB(Br)Br.CCN(C(C)C)C(C)C.[CH2-]CCC.[Li+].c1cc(Oc2ccc3ccccc3c2)cc(Oc2ccc3ccccc3c2)c1.c1cc2c3c(c1)Oc1ccc4ccccc4c1B3c1c(ccc3ccccc13)O2. The zero-order valence-electron chi connectivity index (χ0n) is 43.9. The molecule has 0 N–H and O–H groups in total. The molecule has 10 aromatic rings. The molecule has 10 aromatic carbocycles. The van der Waals surface area contributed by atoms with Gasteiger partial charge in [-0.15, -0.1) is 47.3 Å². The summed E-state index contributed by atoms with van der Waals surface area (Å²) >= 11 is 9.31. The zero-order valence-corrected chi connectivity index (χ0v) is 48.7. The van der Waals surface area contributed by atoms with Crippen LogP contribution in [0.2, 0.25) is 0 Å². The molecule has 374 valence electrons. The number of rotatable bonds is 8. The molecule has 0 aliphatic carbocycles. The van der Waals surface area contributed by atoms with Gasteiger partial charge in [0.2, 0.25) is 0 Å². The van der Waals surface area contributed by atoms with Gasteiger partial charge in [0.05, 0.1) is 0 Å². The summed E-state index contributed by atoms with van der Waals surface area (Å²) < 4.78 is 25.1. The van der Waals surface area contributed by atoms with Crippen molar-refractivity contribution in [1.82, 2.24) is 4.90 Å². The minimum Gasteiger partial charge on any atom is -0.458 e. The van der Waals surface area contributed by atoms with Crippen LogP contribution >= 0.6 is 47.3 Å². The molecule has 0 saturated carbocycles. The molecule has 2 aliphatic rings. The fraction of sp³-hybridized carbons (Fsp3) is 0.172. The molecule has 11 heteroatoms.